The van der Waals surface area contributed by atoms with Crippen molar-refractivity contribution in [3.8, 4) is 0 Å². The van der Waals surface area contributed by atoms with Gasteiger partial charge in [-0.05, 0) is 17.9 Å². The minimum absolute atomic E-state index is 0.0135. The Bertz CT molecular complexity index is 588. The minimum Gasteiger partial charge on any atom is -0.368 e. The quantitative estimate of drug-likeness (QED) is 0.626. The molecule has 3 N–H and O–H groups in total. The topological polar surface area (TPSA) is 107 Å². The molecule has 8 heteroatoms. The summed E-state index contributed by atoms with van der Waals surface area (Å²) in [4.78, 5) is 19.2. The molecule has 1 atom stereocenters. The fourth-order valence-corrected chi connectivity index (χ4v) is 2.67. The Morgan fingerprint density at radius 2 is 2.40 bits per heavy atom. The molecule has 2 aromatic heterocycles. The third kappa shape index (κ3) is 3.21. The van der Waals surface area contributed by atoms with Gasteiger partial charge in [-0.3, -0.25) is 10.1 Å². The first-order chi connectivity index (χ1) is 9.61. The van der Waals surface area contributed by atoms with Gasteiger partial charge in [-0.2, -0.15) is 4.98 Å². The van der Waals surface area contributed by atoms with E-state index in [1.165, 1.54) is 0 Å². The van der Waals surface area contributed by atoms with E-state index in [1.54, 1.807) is 11.3 Å². The Hall–Kier alpha value is -2.22. The Kier molecular flexibility index (Phi) is 4.46. The van der Waals surface area contributed by atoms with E-state index >= 15 is 0 Å². The van der Waals surface area contributed by atoms with Crippen molar-refractivity contribution in [2.75, 3.05) is 11.1 Å². The summed E-state index contributed by atoms with van der Waals surface area (Å²) >= 11 is 1.60. The zero-order chi connectivity index (χ0) is 14.5. The minimum atomic E-state index is -0.515. The number of nitrogen functional groups attached to an aromatic ring is 1. The second-order valence-corrected chi connectivity index (χ2v) is 5.20. The van der Waals surface area contributed by atoms with Crippen molar-refractivity contribution in [2.45, 2.75) is 25.8 Å². The highest BCUT2D eigenvalue weighted by Crippen LogP contribution is 2.30. The molecule has 7 nitrogen and oxygen atoms in total. The molecule has 2 heterocycles. The van der Waals surface area contributed by atoms with Crippen molar-refractivity contribution in [1.82, 2.24) is 9.97 Å². The number of aromatic nitrogens is 2. The van der Waals surface area contributed by atoms with Gasteiger partial charge < -0.3 is 11.1 Å². The molecular formula is C12H15N5O2S. The average Bonchev–Trinajstić information content (AvgIpc) is 2.91. The maximum atomic E-state index is 11.0. The smallest absolute Gasteiger partial charge is 0.329 e. The van der Waals surface area contributed by atoms with Crippen LogP contribution in [0.2, 0.25) is 0 Å². The second-order valence-electron chi connectivity index (χ2n) is 4.22. The molecule has 0 fully saturated rings. The lowest BCUT2D eigenvalue weighted by Crippen LogP contribution is -2.13. The van der Waals surface area contributed by atoms with Gasteiger partial charge in [0, 0.05) is 4.88 Å². The molecule has 0 bridgehead atoms. The molecule has 20 heavy (non-hydrogen) atoms. The molecule has 0 amide bonds. The van der Waals surface area contributed by atoms with Crippen LogP contribution in [0.4, 0.5) is 17.5 Å². The van der Waals surface area contributed by atoms with Gasteiger partial charge in [0.05, 0.1) is 11.0 Å². The lowest BCUT2D eigenvalue weighted by atomic mass is 10.1. The van der Waals surface area contributed by atoms with Gasteiger partial charge in [0.15, 0.2) is 0 Å². The molecule has 0 aromatic carbocycles. The summed E-state index contributed by atoms with van der Waals surface area (Å²) in [5.74, 6) is 0.175. The molecule has 106 valence electrons. The first-order valence-electron chi connectivity index (χ1n) is 6.18. The zero-order valence-electron chi connectivity index (χ0n) is 10.9. The molecule has 2 rings (SSSR count). The number of nitrogens with two attached hydrogens (primary N) is 1. The molecule has 0 aliphatic rings. The molecule has 1 unspecified atom stereocenters. The Labute approximate surface area is 120 Å². The van der Waals surface area contributed by atoms with Gasteiger partial charge in [0.1, 0.15) is 6.20 Å². The fraction of sp³-hybridized carbons (Fsp3) is 0.333. The molecule has 0 spiro atoms. The lowest BCUT2D eigenvalue weighted by molar-refractivity contribution is -0.384. The van der Waals surface area contributed by atoms with E-state index in [9.17, 15) is 10.1 Å². The largest absolute Gasteiger partial charge is 0.368 e. The standard InChI is InChI=1S/C12H15N5O2S/c1-2-4-8(10-5-3-6-20-10)15-11-9(17(18)19)7-14-12(13)16-11/h3,5-8H,2,4H2,1H3,(H3,13,14,15,16). The van der Waals surface area contributed by atoms with Crippen molar-refractivity contribution in [2.24, 2.45) is 0 Å². The number of nitrogens with zero attached hydrogens (tertiary/aromatic N) is 3. The monoisotopic (exact) mass is 293 g/mol. The van der Waals surface area contributed by atoms with Crippen LogP contribution < -0.4 is 11.1 Å². The summed E-state index contributed by atoms with van der Waals surface area (Å²) in [6.07, 6.45) is 2.92. The summed E-state index contributed by atoms with van der Waals surface area (Å²) < 4.78 is 0. The van der Waals surface area contributed by atoms with Crippen LogP contribution in [0.3, 0.4) is 0 Å². The Balaban J connectivity index is 2.30. The van der Waals surface area contributed by atoms with Crippen LogP contribution in [0, 0.1) is 10.1 Å². The molecule has 0 aliphatic heterocycles. The summed E-state index contributed by atoms with van der Waals surface area (Å²) in [7, 11) is 0. The molecular weight excluding hydrogens is 278 g/mol. The number of anilines is 2. The van der Waals surface area contributed by atoms with E-state index in [0.29, 0.717) is 0 Å². The number of nitro groups is 1. The number of hydrogen-bond donors (Lipinski definition) is 2. The number of nitrogens with one attached hydrogen (secondary N) is 1. The normalized spacial score (nSPS) is 12.1. The van der Waals surface area contributed by atoms with E-state index in [4.69, 9.17) is 5.73 Å². The van der Waals surface area contributed by atoms with Gasteiger partial charge in [0.25, 0.3) is 0 Å². The van der Waals surface area contributed by atoms with Crippen molar-refractivity contribution in [1.29, 1.82) is 0 Å². The third-order valence-corrected chi connectivity index (χ3v) is 3.75. The maximum Gasteiger partial charge on any atom is 0.329 e. The van der Waals surface area contributed by atoms with Crippen LogP contribution >= 0.6 is 11.3 Å². The van der Waals surface area contributed by atoms with E-state index < -0.39 is 4.92 Å². The van der Waals surface area contributed by atoms with Gasteiger partial charge in [-0.25, -0.2) is 4.98 Å². The maximum absolute atomic E-state index is 11.0. The second kappa shape index (κ2) is 6.29. The summed E-state index contributed by atoms with van der Waals surface area (Å²) in [6, 6.07) is 3.93. The van der Waals surface area contributed by atoms with Crippen molar-refractivity contribution < 1.29 is 4.92 Å². The van der Waals surface area contributed by atoms with Crippen LogP contribution in [-0.4, -0.2) is 14.9 Å². The number of thiophene rings is 1. The van der Waals surface area contributed by atoms with E-state index in [1.807, 2.05) is 17.5 Å². The predicted octanol–water partition coefficient (Wildman–Crippen LogP) is 2.98. The summed E-state index contributed by atoms with van der Waals surface area (Å²) in [5.41, 5.74) is 5.34. The molecule has 2 aromatic rings. The van der Waals surface area contributed by atoms with Gasteiger partial charge in [-0.15, -0.1) is 11.3 Å². The molecule has 0 radical (unpaired) electrons. The number of rotatable bonds is 6. The SMILES string of the molecule is CCCC(Nc1nc(N)ncc1[N+](=O)[O-])c1cccs1. The van der Waals surface area contributed by atoms with Crippen LogP contribution in [0.5, 0.6) is 0 Å². The van der Waals surface area contributed by atoms with Crippen molar-refractivity contribution in [3.63, 3.8) is 0 Å². The third-order valence-electron chi connectivity index (χ3n) is 2.76. The Morgan fingerprint density at radius 1 is 1.60 bits per heavy atom. The highest BCUT2D eigenvalue weighted by atomic mass is 32.1. The highest BCUT2D eigenvalue weighted by molar-refractivity contribution is 7.10. The molecule has 0 saturated carbocycles. The van der Waals surface area contributed by atoms with Crippen LogP contribution in [0.25, 0.3) is 0 Å². The van der Waals surface area contributed by atoms with Crippen LogP contribution in [0.15, 0.2) is 23.7 Å². The van der Waals surface area contributed by atoms with Crippen LogP contribution in [-0.2, 0) is 0 Å². The first kappa shape index (κ1) is 14.2. The summed E-state index contributed by atoms with van der Waals surface area (Å²) in [6.45, 7) is 2.06. The van der Waals surface area contributed by atoms with Crippen molar-refractivity contribution in [3.05, 3.63) is 38.7 Å². The van der Waals surface area contributed by atoms with Gasteiger partial charge >= 0.3 is 5.69 Å². The van der Waals surface area contributed by atoms with Gasteiger partial charge in [0.2, 0.25) is 11.8 Å². The lowest BCUT2D eigenvalue weighted by Gasteiger charge is -2.17. The average molecular weight is 293 g/mol. The van der Waals surface area contributed by atoms with E-state index in [0.717, 1.165) is 23.9 Å². The zero-order valence-corrected chi connectivity index (χ0v) is 11.8. The number of hydrogen-bond acceptors (Lipinski definition) is 7. The predicted molar refractivity (Wildman–Crippen MR) is 78.7 cm³/mol. The molecule has 0 aliphatic carbocycles. The Morgan fingerprint density at radius 3 is 3.00 bits per heavy atom. The van der Waals surface area contributed by atoms with Crippen molar-refractivity contribution >= 4 is 28.8 Å². The fourth-order valence-electron chi connectivity index (χ4n) is 1.86. The summed E-state index contributed by atoms with van der Waals surface area (Å²) in [5, 5.41) is 16.1. The highest BCUT2D eigenvalue weighted by Gasteiger charge is 2.21. The first-order valence-corrected chi connectivity index (χ1v) is 7.06. The van der Waals surface area contributed by atoms with Crippen LogP contribution in [0.1, 0.15) is 30.7 Å². The van der Waals surface area contributed by atoms with E-state index in [2.05, 4.69) is 22.2 Å². The van der Waals surface area contributed by atoms with E-state index in [-0.39, 0.29) is 23.5 Å². The molecule has 0 saturated heterocycles. The van der Waals surface area contributed by atoms with Gasteiger partial charge in [-0.1, -0.05) is 19.4 Å².